The molecule has 7 nitrogen and oxygen atoms in total. The molecule has 0 bridgehead atoms. The van der Waals surface area contributed by atoms with Gasteiger partial charge in [-0.1, -0.05) is 31.9 Å². The summed E-state index contributed by atoms with van der Waals surface area (Å²) in [7, 11) is 0. The van der Waals surface area contributed by atoms with Crippen LogP contribution >= 0.6 is 0 Å². The Bertz CT molecular complexity index is 496. The number of aliphatic carboxylic acids is 2. The van der Waals surface area contributed by atoms with Crippen LogP contribution in [0.25, 0.3) is 0 Å². The lowest BCUT2D eigenvalue weighted by Gasteiger charge is -2.09. The first kappa shape index (κ1) is 29.1. The van der Waals surface area contributed by atoms with E-state index in [9.17, 15) is 14.4 Å². The Morgan fingerprint density at radius 3 is 1.78 bits per heavy atom. The van der Waals surface area contributed by atoms with Crippen LogP contribution in [-0.2, 0) is 23.9 Å². The van der Waals surface area contributed by atoms with Crippen LogP contribution in [-0.4, -0.2) is 47.4 Å². The minimum Gasteiger partial charge on any atom is -0.478 e. The lowest BCUT2D eigenvalue weighted by atomic mass is 10.2. The Balaban J connectivity index is -0.000000324. The molecule has 0 amide bonds. The number of carboxylic acids is 2. The van der Waals surface area contributed by atoms with Gasteiger partial charge < -0.3 is 19.7 Å². The lowest BCUT2D eigenvalue weighted by Crippen LogP contribution is -2.17. The maximum absolute atomic E-state index is 10.9. The van der Waals surface area contributed by atoms with Gasteiger partial charge in [-0.05, 0) is 40.5 Å². The van der Waals surface area contributed by atoms with Crippen molar-refractivity contribution in [2.45, 2.75) is 46.6 Å². The number of allylic oxidation sites excluding steroid dienone is 2. The summed E-state index contributed by atoms with van der Waals surface area (Å²) in [5.41, 5.74) is 0.614. The van der Waals surface area contributed by atoms with Gasteiger partial charge in [0, 0.05) is 23.8 Å². The van der Waals surface area contributed by atoms with E-state index in [0.717, 1.165) is 25.5 Å². The number of carbonyl (C=O) groups excluding carboxylic acids is 1. The first-order chi connectivity index (χ1) is 12.5. The SMILES string of the molecule is C=C(C)C(=O)O.C=C(C)C(=O)OCC1CCCO1.C=CC(=O)O.CC=CC. The molecular formula is C20H32O7. The second kappa shape index (κ2) is 19.7. The highest BCUT2D eigenvalue weighted by Gasteiger charge is 2.17. The molecule has 1 atom stereocenters. The Morgan fingerprint density at radius 1 is 1.11 bits per heavy atom. The molecule has 1 unspecified atom stereocenters. The summed E-state index contributed by atoms with van der Waals surface area (Å²) in [4.78, 5) is 29.8. The maximum Gasteiger partial charge on any atom is 0.333 e. The second-order valence-electron chi connectivity index (χ2n) is 5.31. The van der Waals surface area contributed by atoms with Gasteiger partial charge in [-0.15, -0.1) is 0 Å². The summed E-state index contributed by atoms with van der Waals surface area (Å²) < 4.78 is 10.2. The van der Waals surface area contributed by atoms with E-state index < -0.39 is 11.9 Å². The van der Waals surface area contributed by atoms with Crippen LogP contribution in [0.3, 0.4) is 0 Å². The third-order valence-corrected chi connectivity index (χ3v) is 2.65. The molecule has 0 radical (unpaired) electrons. The molecule has 0 aliphatic carbocycles. The van der Waals surface area contributed by atoms with Gasteiger partial charge in [0.25, 0.3) is 0 Å². The normalized spacial score (nSPS) is 14.1. The molecule has 0 aromatic heterocycles. The third-order valence-electron chi connectivity index (χ3n) is 2.65. The Kier molecular flexibility index (Phi) is 21.2. The molecule has 1 fully saturated rings. The summed E-state index contributed by atoms with van der Waals surface area (Å²) in [5.74, 6) is -2.24. The number of ether oxygens (including phenoxy) is 2. The summed E-state index contributed by atoms with van der Waals surface area (Å²) in [6.07, 6.45) is 6.99. The average molecular weight is 384 g/mol. The fourth-order valence-electron chi connectivity index (χ4n) is 1.07. The van der Waals surface area contributed by atoms with Crippen molar-refractivity contribution in [1.29, 1.82) is 0 Å². The predicted octanol–water partition coefficient (Wildman–Crippen LogP) is 3.77. The van der Waals surface area contributed by atoms with E-state index in [1.165, 1.54) is 6.92 Å². The number of carboxylic acid groups (broad SMARTS) is 2. The van der Waals surface area contributed by atoms with Gasteiger partial charge in [0.05, 0.1) is 6.10 Å². The van der Waals surface area contributed by atoms with Crippen LogP contribution in [0, 0.1) is 0 Å². The Hall–Kier alpha value is -2.67. The van der Waals surface area contributed by atoms with Crippen molar-refractivity contribution in [3.8, 4) is 0 Å². The summed E-state index contributed by atoms with van der Waals surface area (Å²) in [6.45, 7) is 17.8. The highest BCUT2D eigenvalue weighted by molar-refractivity contribution is 5.86. The van der Waals surface area contributed by atoms with Crippen molar-refractivity contribution in [3.63, 3.8) is 0 Å². The molecule has 27 heavy (non-hydrogen) atoms. The summed E-state index contributed by atoms with van der Waals surface area (Å²) in [6, 6.07) is 0. The smallest absolute Gasteiger partial charge is 0.333 e. The topological polar surface area (TPSA) is 110 Å². The first-order valence-corrected chi connectivity index (χ1v) is 8.29. The van der Waals surface area contributed by atoms with Crippen molar-refractivity contribution in [2.24, 2.45) is 0 Å². The van der Waals surface area contributed by atoms with Crippen molar-refractivity contribution >= 4 is 17.9 Å². The van der Waals surface area contributed by atoms with E-state index in [1.807, 2.05) is 26.0 Å². The molecule has 7 heteroatoms. The zero-order chi connectivity index (χ0) is 21.8. The molecule has 0 aromatic rings. The molecule has 1 rings (SSSR count). The van der Waals surface area contributed by atoms with Crippen molar-refractivity contribution in [3.05, 3.63) is 49.1 Å². The van der Waals surface area contributed by atoms with Crippen molar-refractivity contribution in [1.82, 2.24) is 0 Å². The molecule has 154 valence electrons. The molecule has 0 saturated carbocycles. The molecule has 1 heterocycles. The fraction of sp³-hybridized carbons (Fsp3) is 0.450. The van der Waals surface area contributed by atoms with Crippen LogP contribution in [0.4, 0.5) is 0 Å². The lowest BCUT2D eigenvalue weighted by molar-refractivity contribution is -0.142. The van der Waals surface area contributed by atoms with Gasteiger partial charge in [0.15, 0.2) is 0 Å². The molecule has 1 aliphatic heterocycles. The Labute approximate surface area is 161 Å². The van der Waals surface area contributed by atoms with Gasteiger partial charge in [-0.2, -0.15) is 0 Å². The highest BCUT2D eigenvalue weighted by atomic mass is 16.6. The fourth-order valence-corrected chi connectivity index (χ4v) is 1.07. The maximum atomic E-state index is 10.9. The summed E-state index contributed by atoms with van der Waals surface area (Å²) >= 11 is 0. The van der Waals surface area contributed by atoms with Gasteiger partial charge in [-0.25, -0.2) is 14.4 Å². The molecule has 0 spiro atoms. The standard InChI is InChI=1S/C9H14O3.C4H6O2.C4H8.C3H4O2/c1-7(2)9(10)12-6-8-4-3-5-11-8;1-3(2)4(5)6;1-3-4-2;1-2-3(4)5/h8H,1,3-6H2,2H3;1H2,2H3,(H,5,6);3-4H,1-2H3;2H,1H2,(H,4,5). The van der Waals surface area contributed by atoms with Gasteiger partial charge in [0.2, 0.25) is 0 Å². The van der Waals surface area contributed by atoms with E-state index in [2.05, 4.69) is 19.7 Å². The number of rotatable bonds is 5. The second-order valence-corrected chi connectivity index (χ2v) is 5.31. The number of carbonyl (C=O) groups is 3. The van der Waals surface area contributed by atoms with Crippen LogP contribution in [0.5, 0.6) is 0 Å². The predicted molar refractivity (Wildman–Crippen MR) is 106 cm³/mol. The van der Waals surface area contributed by atoms with Crippen molar-refractivity contribution in [2.75, 3.05) is 13.2 Å². The van der Waals surface area contributed by atoms with Gasteiger partial charge >= 0.3 is 17.9 Å². The number of hydrogen-bond donors (Lipinski definition) is 2. The molecule has 1 aliphatic rings. The van der Waals surface area contributed by atoms with E-state index in [1.54, 1.807) is 6.92 Å². The first-order valence-electron chi connectivity index (χ1n) is 8.29. The molecule has 2 N–H and O–H groups in total. The van der Waals surface area contributed by atoms with E-state index >= 15 is 0 Å². The van der Waals surface area contributed by atoms with Crippen LogP contribution in [0.1, 0.15) is 40.5 Å². The quantitative estimate of drug-likeness (QED) is 0.422. The highest BCUT2D eigenvalue weighted by Crippen LogP contribution is 2.12. The molecule has 0 aromatic carbocycles. The zero-order valence-electron chi connectivity index (χ0n) is 16.7. The number of hydrogen-bond acceptors (Lipinski definition) is 5. The average Bonchev–Trinajstić information content (AvgIpc) is 3.14. The Morgan fingerprint density at radius 2 is 1.56 bits per heavy atom. The summed E-state index contributed by atoms with van der Waals surface area (Å²) in [5, 5.41) is 15.5. The minimum absolute atomic E-state index is 0.105. The van der Waals surface area contributed by atoms with Crippen molar-refractivity contribution < 1.29 is 34.1 Å². The van der Waals surface area contributed by atoms with E-state index in [0.29, 0.717) is 12.2 Å². The third kappa shape index (κ3) is 25.7. The monoisotopic (exact) mass is 384 g/mol. The molecular weight excluding hydrogens is 352 g/mol. The minimum atomic E-state index is -0.981. The van der Waals surface area contributed by atoms with E-state index in [4.69, 9.17) is 19.7 Å². The van der Waals surface area contributed by atoms with Crippen LogP contribution in [0.15, 0.2) is 49.1 Å². The van der Waals surface area contributed by atoms with Crippen LogP contribution < -0.4 is 0 Å². The zero-order valence-corrected chi connectivity index (χ0v) is 16.7. The largest absolute Gasteiger partial charge is 0.478 e. The van der Waals surface area contributed by atoms with Gasteiger partial charge in [-0.3, -0.25) is 0 Å². The number of esters is 1. The van der Waals surface area contributed by atoms with Gasteiger partial charge in [0.1, 0.15) is 6.61 Å². The molecule has 1 saturated heterocycles. The van der Waals surface area contributed by atoms with E-state index in [-0.39, 0.29) is 17.6 Å². The van der Waals surface area contributed by atoms with Crippen LogP contribution in [0.2, 0.25) is 0 Å².